The molecule has 0 amide bonds. The average Bonchev–Trinajstić information content (AvgIpc) is 2.00. The van der Waals surface area contributed by atoms with E-state index in [2.05, 4.69) is 4.98 Å². The molecule has 1 aromatic heterocycles. The third-order valence-electron chi connectivity index (χ3n) is 2.44. The molecule has 0 saturated heterocycles. The van der Waals surface area contributed by atoms with E-state index in [0.717, 1.165) is 19.3 Å². The highest BCUT2D eigenvalue weighted by Gasteiger charge is 2.36. The standard InChI is InChI=1S/C9H10FNO/c10-8-6-7(2-5-11-8)9(12)3-1-4-9/h2,5-6,12H,1,3-4H2. The Labute approximate surface area is 70.1 Å². The highest BCUT2D eigenvalue weighted by molar-refractivity contribution is 5.21. The van der Waals surface area contributed by atoms with Gasteiger partial charge in [0.15, 0.2) is 0 Å². The quantitative estimate of drug-likeness (QED) is 0.644. The van der Waals surface area contributed by atoms with Crippen LogP contribution in [0.5, 0.6) is 0 Å². The van der Waals surface area contributed by atoms with Gasteiger partial charge in [0.1, 0.15) is 0 Å². The lowest BCUT2D eigenvalue weighted by Crippen LogP contribution is -2.33. The molecule has 0 atom stereocenters. The summed E-state index contributed by atoms with van der Waals surface area (Å²) in [5.41, 5.74) is -0.120. The zero-order valence-corrected chi connectivity index (χ0v) is 6.63. The van der Waals surface area contributed by atoms with Crippen LogP contribution in [0.4, 0.5) is 4.39 Å². The van der Waals surface area contributed by atoms with Gasteiger partial charge in [-0.05, 0) is 37.0 Å². The zero-order valence-electron chi connectivity index (χ0n) is 6.63. The summed E-state index contributed by atoms with van der Waals surface area (Å²) >= 11 is 0. The molecule has 1 fully saturated rings. The van der Waals surface area contributed by atoms with Crippen molar-refractivity contribution >= 4 is 0 Å². The van der Waals surface area contributed by atoms with Crippen molar-refractivity contribution in [2.45, 2.75) is 24.9 Å². The Morgan fingerprint density at radius 3 is 2.75 bits per heavy atom. The van der Waals surface area contributed by atoms with Gasteiger partial charge >= 0.3 is 0 Å². The maximum Gasteiger partial charge on any atom is 0.213 e. The fraction of sp³-hybridized carbons (Fsp3) is 0.444. The lowest BCUT2D eigenvalue weighted by molar-refractivity contribution is -0.0391. The molecule has 2 rings (SSSR count). The van der Waals surface area contributed by atoms with Crippen LogP contribution in [0.15, 0.2) is 18.3 Å². The minimum Gasteiger partial charge on any atom is -0.385 e. The lowest BCUT2D eigenvalue weighted by Gasteiger charge is -2.36. The third-order valence-corrected chi connectivity index (χ3v) is 2.44. The van der Waals surface area contributed by atoms with Gasteiger partial charge in [0.05, 0.1) is 5.60 Å². The molecule has 1 N–H and O–H groups in total. The van der Waals surface area contributed by atoms with Crippen molar-refractivity contribution in [3.63, 3.8) is 0 Å². The van der Waals surface area contributed by atoms with Gasteiger partial charge in [-0.25, -0.2) is 4.98 Å². The number of nitrogens with zero attached hydrogens (tertiary/aromatic N) is 1. The molecule has 0 aliphatic heterocycles. The van der Waals surface area contributed by atoms with Crippen LogP contribution in [0.25, 0.3) is 0 Å². The Morgan fingerprint density at radius 2 is 2.25 bits per heavy atom. The minimum atomic E-state index is -0.774. The van der Waals surface area contributed by atoms with Gasteiger partial charge in [-0.3, -0.25) is 0 Å². The van der Waals surface area contributed by atoms with Crippen LogP contribution in [-0.2, 0) is 5.60 Å². The Kier molecular flexibility index (Phi) is 1.61. The molecule has 0 radical (unpaired) electrons. The molecule has 1 aromatic rings. The first kappa shape index (κ1) is 7.68. The van der Waals surface area contributed by atoms with Crippen molar-refractivity contribution in [2.75, 3.05) is 0 Å². The van der Waals surface area contributed by atoms with Crippen molar-refractivity contribution in [3.05, 3.63) is 29.8 Å². The number of rotatable bonds is 1. The van der Waals surface area contributed by atoms with E-state index in [1.165, 1.54) is 12.3 Å². The average molecular weight is 167 g/mol. The van der Waals surface area contributed by atoms with Crippen molar-refractivity contribution < 1.29 is 9.50 Å². The number of aliphatic hydroxyl groups is 1. The van der Waals surface area contributed by atoms with E-state index >= 15 is 0 Å². The van der Waals surface area contributed by atoms with E-state index < -0.39 is 11.5 Å². The minimum absolute atomic E-state index is 0.521. The smallest absolute Gasteiger partial charge is 0.213 e. The number of pyridine rings is 1. The molecule has 0 unspecified atom stereocenters. The maximum atomic E-state index is 12.6. The SMILES string of the molecule is OC1(c2ccnc(F)c2)CCC1. The molecule has 1 saturated carbocycles. The predicted octanol–water partition coefficient (Wildman–Crippen LogP) is 1.59. The van der Waals surface area contributed by atoms with Crippen molar-refractivity contribution in [1.29, 1.82) is 0 Å². The molecule has 12 heavy (non-hydrogen) atoms. The second kappa shape index (κ2) is 2.52. The van der Waals surface area contributed by atoms with Crippen LogP contribution >= 0.6 is 0 Å². The van der Waals surface area contributed by atoms with Crippen molar-refractivity contribution in [2.24, 2.45) is 0 Å². The molecule has 1 heterocycles. The van der Waals surface area contributed by atoms with E-state index in [0.29, 0.717) is 5.56 Å². The molecule has 1 aliphatic rings. The first-order chi connectivity index (χ1) is 5.71. The van der Waals surface area contributed by atoms with Crippen LogP contribution in [0.3, 0.4) is 0 Å². The fourth-order valence-corrected chi connectivity index (χ4v) is 1.49. The van der Waals surface area contributed by atoms with Gasteiger partial charge in [0.2, 0.25) is 5.95 Å². The van der Waals surface area contributed by atoms with Crippen molar-refractivity contribution in [3.8, 4) is 0 Å². The Hall–Kier alpha value is -0.960. The van der Waals surface area contributed by atoms with Crippen LogP contribution in [0, 0.1) is 5.95 Å². The molecule has 2 nitrogen and oxygen atoms in total. The van der Waals surface area contributed by atoms with Crippen molar-refractivity contribution in [1.82, 2.24) is 4.98 Å². The van der Waals surface area contributed by atoms with Crippen LogP contribution in [0.1, 0.15) is 24.8 Å². The largest absolute Gasteiger partial charge is 0.385 e. The Morgan fingerprint density at radius 1 is 1.50 bits per heavy atom. The van der Waals surface area contributed by atoms with E-state index in [-0.39, 0.29) is 0 Å². The summed E-state index contributed by atoms with van der Waals surface area (Å²) in [6.45, 7) is 0. The van der Waals surface area contributed by atoms with E-state index in [9.17, 15) is 9.50 Å². The summed E-state index contributed by atoms with van der Waals surface area (Å²) in [6.07, 6.45) is 3.87. The summed E-state index contributed by atoms with van der Waals surface area (Å²) in [5, 5.41) is 9.81. The summed E-state index contributed by atoms with van der Waals surface area (Å²) in [7, 11) is 0. The third kappa shape index (κ3) is 1.10. The van der Waals surface area contributed by atoms with Crippen LogP contribution in [0.2, 0.25) is 0 Å². The van der Waals surface area contributed by atoms with Gasteiger partial charge < -0.3 is 5.11 Å². The second-order valence-electron chi connectivity index (χ2n) is 3.25. The van der Waals surface area contributed by atoms with Gasteiger partial charge in [-0.2, -0.15) is 4.39 Å². The monoisotopic (exact) mass is 167 g/mol. The molecule has 0 bridgehead atoms. The second-order valence-corrected chi connectivity index (χ2v) is 3.25. The highest BCUT2D eigenvalue weighted by Crippen LogP contribution is 2.40. The van der Waals surface area contributed by atoms with E-state index in [1.54, 1.807) is 6.07 Å². The molecular weight excluding hydrogens is 157 g/mol. The number of halogens is 1. The van der Waals surface area contributed by atoms with Crippen LogP contribution in [-0.4, -0.2) is 10.1 Å². The molecule has 64 valence electrons. The van der Waals surface area contributed by atoms with E-state index in [4.69, 9.17) is 0 Å². The molecule has 0 aromatic carbocycles. The molecule has 1 aliphatic carbocycles. The number of hydrogen-bond donors (Lipinski definition) is 1. The maximum absolute atomic E-state index is 12.6. The summed E-state index contributed by atoms with van der Waals surface area (Å²) in [5.74, 6) is -0.521. The van der Waals surface area contributed by atoms with E-state index in [1.807, 2.05) is 0 Å². The normalized spacial score (nSPS) is 20.2. The van der Waals surface area contributed by atoms with Gasteiger partial charge in [0, 0.05) is 6.20 Å². The number of aromatic nitrogens is 1. The Bertz CT molecular complexity index is 296. The summed E-state index contributed by atoms with van der Waals surface area (Å²) < 4.78 is 12.6. The number of hydrogen-bond acceptors (Lipinski definition) is 2. The highest BCUT2D eigenvalue weighted by atomic mass is 19.1. The lowest BCUT2D eigenvalue weighted by atomic mass is 9.75. The van der Waals surface area contributed by atoms with Gasteiger partial charge in [0.25, 0.3) is 0 Å². The van der Waals surface area contributed by atoms with Crippen LogP contribution < -0.4 is 0 Å². The summed E-state index contributed by atoms with van der Waals surface area (Å²) in [4.78, 5) is 3.43. The van der Waals surface area contributed by atoms with Gasteiger partial charge in [-0.1, -0.05) is 0 Å². The molecule has 0 spiro atoms. The van der Waals surface area contributed by atoms with Gasteiger partial charge in [-0.15, -0.1) is 0 Å². The predicted molar refractivity (Wildman–Crippen MR) is 41.9 cm³/mol. The first-order valence-electron chi connectivity index (χ1n) is 4.05. The fourth-order valence-electron chi connectivity index (χ4n) is 1.49. The molecular formula is C9H10FNO. The molecule has 3 heteroatoms. The summed E-state index contributed by atoms with van der Waals surface area (Å²) in [6, 6.07) is 2.97. The Balaban J connectivity index is 2.33. The topological polar surface area (TPSA) is 33.1 Å². The first-order valence-corrected chi connectivity index (χ1v) is 4.05. The zero-order chi connectivity index (χ0) is 8.60.